The molecule has 1 spiro atoms. The Kier molecular flexibility index (Phi) is 12.1. The van der Waals surface area contributed by atoms with Gasteiger partial charge in [-0.15, -0.1) is 0 Å². The van der Waals surface area contributed by atoms with Gasteiger partial charge in [-0.2, -0.15) is 0 Å². The van der Waals surface area contributed by atoms with E-state index in [2.05, 4.69) is 43.9 Å². The highest BCUT2D eigenvalue weighted by Crippen LogP contribution is 2.41. The largest absolute Gasteiger partial charge is 0.465 e. The van der Waals surface area contributed by atoms with E-state index in [1.807, 2.05) is 84.9 Å². The maximum absolute atomic E-state index is 13.3. The van der Waals surface area contributed by atoms with E-state index in [-0.39, 0.29) is 44.4 Å². The molecule has 0 radical (unpaired) electrons. The molecule has 0 aliphatic carbocycles. The minimum atomic E-state index is -0.625. The first kappa shape index (κ1) is 38.0. The molecule has 3 aliphatic heterocycles. The second kappa shape index (κ2) is 17.5. The summed E-state index contributed by atoms with van der Waals surface area (Å²) >= 11 is 0. The molecule has 3 saturated heterocycles. The summed E-state index contributed by atoms with van der Waals surface area (Å²) in [4.78, 5) is 41.8. The number of hydrogen-bond donors (Lipinski definition) is 4. The van der Waals surface area contributed by atoms with Gasteiger partial charge in [-0.1, -0.05) is 78.9 Å². The molecule has 4 aromatic rings. The van der Waals surface area contributed by atoms with Crippen molar-refractivity contribution in [2.75, 3.05) is 44.4 Å². The lowest BCUT2D eigenvalue weighted by molar-refractivity contribution is -0.253. The number of esters is 1. The van der Waals surface area contributed by atoms with Gasteiger partial charge in [0.2, 0.25) is 5.91 Å². The second-order valence-electron chi connectivity index (χ2n) is 14.3. The van der Waals surface area contributed by atoms with Gasteiger partial charge in [0, 0.05) is 43.9 Å². The standard InChI is InChI=1S/C43H49N5O7/c1-2-53-39(50)26-45-42(52)44-25-31-8-6-9-33(22-31)34-10-7-11-35(23-34)40-54-37(24-38(55-40)32-16-14-30(28-49)15-17-32)27-47-20-18-43(19-21-47)41(51)46-29-48(43)36-12-4-3-5-13-36/h3-17,22-23,37-38,40,49H,2,18-21,24-29H2,1H3,(H,46,51)(H2,44,45,52). The summed E-state index contributed by atoms with van der Waals surface area (Å²) in [5, 5.41) is 18.1. The van der Waals surface area contributed by atoms with Crippen LogP contribution in [0.3, 0.4) is 0 Å². The van der Waals surface area contributed by atoms with Crippen molar-refractivity contribution in [3.63, 3.8) is 0 Å². The van der Waals surface area contributed by atoms with Gasteiger partial charge >= 0.3 is 12.0 Å². The highest BCUT2D eigenvalue weighted by molar-refractivity contribution is 5.93. The van der Waals surface area contributed by atoms with E-state index in [1.165, 1.54) is 0 Å². The predicted molar refractivity (Wildman–Crippen MR) is 208 cm³/mol. The number of urea groups is 1. The van der Waals surface area contributed by atoms with Crippen LogP contribution in [0.1, 0.15) is 60.8 Å². The molecule has 4 aromatic carbocycles. The molecule has 0 bridgehead atoms. The van der Waals surface area contributed by atoms with Gasteiger partial charge < -0.3 is 45.1 Å². The SMILES string of the molecule is CCOC(=O)CNC(=O)NCc1cccc(-c2cccc(C3OC(CN4CCC5(CC4)C(=O)NCN5c4ccccc4)CC(c4ccc(CO)cc4)O3)c2)c1. The zero-order valence-corrected chi connectivity index (χ0v) is 31.1. The zero-order valence-electron chi connectivity index (χ0n) is 31.1. The van der Waals surface area contributed by atoms with Crippen molar-refractivity contribution in [2.45, 2.75) is 63.4 Å². The number of hydrogen-bond acceptors (Lipinski definition) is 9. The van der Waals surface area contributed by atoms with Crippen molar-refractivity contribution in [3.8, 4) is 11.1 Å². The summed E-state index contributed by atoms with van der Waals surface area (Å²) in [6, 6.07) is 33.7. The van der Waals surface area contributed by atoms with Crippen molar-refractivity contribution in [1.29, 1.82) is 0 Å². The van der Waals surface area contributed by atoms with Gasteiger partial charge in [0.1, 0.15) is 12.1 Å². The Hall–Kier alpha value is -5.27. The fourth-order valence-electron chi connectivity index (χ4n) is 7.79. The molecule has 12 nitrogen and oxygen atoms in total. The molecule has 3 amide bonds. The Morgan fingerprint density at radius 2 is 1.62 bits per heavy atom. The number of ether oxygens (including phenoxy) is 3. The molecule has 12 heteroatoms. The topological polar surface area (TPSA) is 142 Å². The number of amides is 3. The monoisotopic (exact) mass is 747 g/mol. The molecule has 0 saturated carbocycles. The van der Waals surface area contributed by atoms with E-state index in [0.29, 0.717) is 19.6 Å². The first-order valence-electron chi connectivity index (χ1n) is 19.0. The third-order valence-electron chi connectivity index (χ3n) is 10.7. The van der Waals surface area contributed by atoms with Crippen molar-refractivity contribution in [1.82, 2.24) is 20.9 Å². The van der Waals surface area contributed by atoms with Crippen LogP contribution in [0.2, 0.25) is 0 Å². The Morgan fingerprint density at radius 1 is 0.873 bits per heavy atom. The smallest absolute Gasteiger partial charge is 0.325 e. The molecular formula is C43H49N5O7. The van der Waals surface area contributed by atoms with E-state index in [1.54, 1.807) is 6.92 Å². The van der Waals surface area contributed by atoms with E-state index >= 15 is 0 Å². The number of nitrogens with one attached hydrogen (secondary N) is 3. The average molecular weight is 748 g/mol. The summed E-state index contributed by atoms with van der Waals surface area (Å²) < 4.78 is 18.3. The number of anilines is 1. The molecule has 3 fully saturated rings. The maximum Gasteiger partial charge on any atom is 0.325 e. The van der Waals surface area contributed by atoms with Crippen molar-refractivity contribution >= 4 is 23.6 Å². The van der Waals surface area contributed by atoms with Crippen LogP contribution in [0, 0.1) is 0 Å². The van der Waals surface area contributed by atoms with Crippen LogP contribution in [0.15, 0.2) is 103 Å². The molecule has 7 rings (SSSR count). The minimum absolute atomic E-state index is 0.0247. The third kappa shape index (κ3) is 9.00. The van der Waals surface area contributed by atoms with E-state index in [0.717, 1.165) is 65.0 Å². The summed E-state index contributed by atoms with van der Waals surface area (Å²) in [5.41, 5.74) is 6.10. The molecule has 4 N–H and O–H groups in total. The third-order valence-corrected chi connectivity index (χ3v) is 10.7. The van der Waals surface area contributed by atoms with Crippen molar-refractivity contribution in [2.24, 2.45) is 0 Å². The van der Waals surface area contributed by atoms with Gasteiger partial charge in [-0.05, 0) is 71.8 Å². The van der Waals surface area contributed by atoms with Crippen LogP contribution in [-0.2, 0) is 37.0 Å². The van der Waals surface area contributed by atoms with Gasteiger partial charge in [0.05, 0.1) is 32.1 Å². The predicted octanol–water partition coefficient (Wildman–Crippen LogP) is 5.18. The van der Waals surface area contributed by atoms with E-state index in [9.17, 15) is 19.5 Å². The van der Waals surface area contributed by atoms with Crippen LogP contribution < -0.4 is 20.9 Å². The van der Waals surface area contributed by atoms with Crippen LogP contribution in [0.4, 0.5) is 10.5 Å². The molecule has 0 aromatic heterocycles. The highest BCUT2D eigenvalue weighted by atomic mass is 16.7. The molecule has 288 valence electrons. The lowest BCUT2D eigenvalue weighted by atomic mass is 9.85. The Labute approximate surface area is 321 Å². The fourth-order valence-corrected chi connectivity index (χ4v) is 7.79. The zero-order chi connectivity index (χ0) is 38.2. The van der Waals surface area contributed by atoms with Gasteiger partial charge in [-0.25, -0.2) is 4.79 Å². The average Bonchev–Trinajstić information content (AvgIpc) is 3.54. The summed E-state index contributed by atoms with van der Waals surface area (Å²) in [6.07, 6.45) is 1.12. The van der Waals surface area contributed by atoms with Gasteiger partial charge in [0.25, 0.3) is 0 Å². The molecule has 3 heterocycles. The van der Waals surface area contributed by atoms with Crippen LogP contribution in [0.25, 0.3) is 11.1 Å². The highest BCUT2D eigenvalue weighted by Gasteiger charge is 2.50. The second-order valence-corrected chi connectivity index (χ2v) is 14.3. The summed E-state index contributed by atoms with van der Waals surface area (Å²) in [7, 11) is 0. The maximum atomic E-state index is 13.3. The number of likely N-dealkylation sites (tertiary alicyclic amines) is 1. The fraction of sp³-hybridized carbons (Fsp3) is 0.372. The first-order valence-corrected chi connectivity index (χ1v) is 19.0. The Morgan fingerprint density at radius 3 is 2.36 bits per heavy atom. The molecule has 3 aliphatic rings. The van der Waals surface area contributed by atoms with Crippen LogP contribution in [0.5, 0.6) is 0 Å². The van der Waals surface area contributed by atoms with Gasteiger partial charge in [-0.3, -0.25) is 9.59 Å². The quantitative estimate of drug-likeness (QED) is 0.144. The van der Waals surface area contributed by atoms with Crippen molar-refractivity contribution in [3.05, 3.63) is 125 Å². The lowest BCUT2D eigenvalue weighted by Gasteiger charge is -2.45. The number of benzene rings is 4. The molecular weight excluding hydrogens is 699 g/mol. The van der Waals surface area contributed by atoms with Gasteiger partial charge in [0.15, 0.2) is 6.29 Å². The minimum Gasteiger partial charge on any atom is -0.465 e. The first-order chi connectivity index (χ1) is 26.8. The number of piperidine rings is 1. The number of aliphatic hydroxyl groups is 1. The molecule has 55 heavy (non-hydrogen) atoms. The van der Waals surface area contributed by atoms with Crippen LogP contribution in [-0.4, -0.2) is 79.0 Å². The van der Waals surface area contributed by atoms with Crippen LogP contribution >= 0.6 is 0 Å². The number of aliphatic hydroxyl groups excluding tert-OH is 1. The summed E-state index contributed by atoms with van der Waals surface area (Å²) in [5.74, 6) is -0.388. The Balaban J connectivity index is 1.04. The Bertz CT molecular complexity index is 1930. The normalized spacial score (nSPS) is 20.9. The summed E-state index contributed by atoms with van der Waals surface area (Å²) in [6.45, 7) is 4.79. The number of rotatable bonds is 12. The number of carbonyl (C=O) groups is 3. The number of para-hydroxylation sites is 1. The number of carbonyl (C=O) groups excluding carboxylic acids is 3. The van der Waals surface area contributed by atoms with Crippen molar-refractivity contribution < 1.29 is 33.7 Å². The van der Waals surface area contributed by atoms with E-state index < -0.39 is 23.8 Å². The number of nitrogens with zero attached hydrogens (tertiary/aromatic N) is 2. The molecule has 3 atom stereocenters. The molecule has 3 unspecified atom stereocenters. The lowest BCUT2D eigenvalue weighted by Crippen LogP contribution is -2.57. The van der Waals surface area contributed by atoms with E-state index in [4.69, 9.17) is 14.2 Å².